The maximum atomic E-state index is 13.5. The highest BCUT2D eigenvalue weighted by molar-refractivity contribution is 7.89. The molecule has 3 N–H and O–H groups in total. The number of nitrogens with zero attached hydrogens (tertiary/aromatic N) is 1. The van der Waals surface area contributed by atoms with Gasteiger partial charge >= 0.3 is 6.18 Å². The number of hydrogen-bond donors (Lipinski definition) is 2. The number of likely N-dealkylation sites (tertiary alicyclic amines) is 1. The van der Waals surface area contributed by atoms with E-state index in [-0.39, 0.29) is 12.2 Å². The van der Waals surface area contributed by atoms with Gasteiger partial charge in [0.05, 0.1) is 10.5 Å². The van der Waals surface area contributed by atoms with Crippen LogP contribution in [0.4, 0.5) is 18.9 Å². The molecular weight excluding hydrogens is 415 g/mol. The Kier molecular flexibility index (Phi) is 6.74. The number of nitrogens with two attached hydrogens (primary N) is 1. The predicted molar refractivity (Wildman–Crippen MR) is 110 cm³/mol. The topological polar surface area (TPSA) is 75.4 Å². The Bertz CT molecular complexity index is 993. The van der Waals surface area contributed by atoms with Gasteiger partial charge in [-0.15, -0.1) is 0 Å². The molecule has 0 spiro atoms. The standard InChI is InChI=1S/C21H26F3N3O2S/c1-15-6-4-5-11-27(15)14-17-8-3-2-7-16(17)13-26-20-10-9-18(30(25,28)29)12-19(20)21(22,23)24/h2-3,7-10,12,15,26H,4-6,11,13-14H2,1H3,(H2,25,28,29). The highest BCUT2D eigenvalue weighted by Gasteiger charge is 2.34. The molecule has 0 radical (unpaired) electrons. The SMILES string of the molecule is CC1CCCCN1Cc1ccccc1CNc1ccc(S(N)(=O)=O)cc1C(F)(F)F. The Labute approximate surface area is 175 Å². The fraction of sp³-hybridized carbons (Fsp3) is 0.429. The summed E-state index contributed by atoms with van der Waals surface area (Å²) in [4.78, 5) is 1.82. The molecule has 0 amide bonds. The summed E-state index contributed by atoms with van der Waals surface area (Å²) in [5, 5.41) is 7.81. The molecule has 1 aliphatic heterocycles. The zero-order valence-corrected chi connectivity index (χ0v) is 17.6. The third-order valence-electron chi connectivity index (χ3n) is 5.53. The summed E-state index contributed by atoms with van der Waals surface area (Å²) in [5.74, 6) is 0. The molecule has 1 atom stereocenters. The highest BCUT2D eigenvalue weighted by atomic mass is 32.2. The number of piperidine rings is 1. The molecule has 0 aliphatic carbocycles. The zero-order chi connectivity index (χ0) is 21.9. The van der Waals surface area contributed by atoms with Crippen molar-refractivity contribution < 1.29 is 21.6 Å². The molecule has 0 saturated carbocycles. The van der Waals surface area contributed by atoms with E-state index in [0.29, 0.717) is 12.1 Å². The number of hydrogen-bond acceptors (Lipinski definition) is 4. The molecule has 30 heavy (non-hydrogen) atoms. The molecule has 2 aromatic rings. The van der Waals surface area contributed by atoms with Crippen molar-refractivity contribution in [2.24, 2.45) is 5.14 Å². The van der Waals surface area contributed by atoms with Crippen molar-refractivity contribution in [2.75, 3.05) is 11.9 Å². The van der Waals surface area contributed by atoms with Crippen molar-refractivity contribution in [1.82, 2.24) is 4.90 Å². The summed E-state index contributed by atoms with van der Waals surface area (Å²) in [7, 11) is -4.23. The normalized spacial score (nSPS) is 18.4. The van der Waals surface area contributed by atoms with Crippen molar-refractivity contribution in [3.8, 4) is 0 Å². The maximum Gasteiger partial charge on any atom is 0.418 e. The van der Waals surface area contributed by atoms with Gasteiger partial charge in [0, 0.05) is 24.8 Å². The molecule has 0 bridgehead atoms. The van der Waals surface area contributed by atoms with Crippen LogP contribution in [-0.2, 0) is 29.3 Å². The molecule has 1 saturated heterocycles. The van der Waals surface area contributed by atoms with Gasteiger partial charge in [-0.1, -0.05) is 30.7 Å². The Morgan fingerprint density at radius 2 is 1.83 bits per heavy atom. The lowest BCUT2D eigenvalue weighted by molar-refractivity contribution is -0.137. The molecule has 0 aromatic heterocycles. The van der Waals surface area contributed by atoms with E-state index in [4.69, 9.17) is 5.14 Å². The minimum atomic E-state index is -4.72. The molecule has 1 aliphatic rings. The van der Waals surface area contributed by atoms with Crippen LogP contribution in [0.2, 0.25) is 0 Å². The van der Waals surface area contributed by atoms with E-state index in [1.165, 1.54) is 6.42 Å². The lowest BCUT2D eigenvalue weighted by Gasteiger charge is -2.33. The number of sulfonamides is 1. The maximum absolute atomic E-state index is 13.5. The van der Waals surface area contributed by atoms with Crippen LogP contribution in [0.25, 0.3) is 0 Å². The van der Waals surface area contributed by atoms with E-state index in [9.17, 15) is 21.6 Å². The average Bonchev–Trinajstić information content (AvgIpc) is 2.67. The molecule has 1 fully saturated rings. The minimum Gasteiger partial charge on any atom is -0.380 e. The second-order valence-electron chi connectivity index (χ2n) is 7.69. The van der Waals surface area contributed by atoms with Crippen molar-refractivity contribution in [2.45, 2.75) is 56.4 Å². The third kappa shape index (κ3) is 5.53. The van der Waals surface area contributed by atoms with Crippen LogP contribution in [0, 0.1) is 0 Å². The second-order valence-corrected chi connectivity index (χ2v) is 9.25. The molecule has 9 heteroatoms. The van der Waals surface area contributed by atoms with Gasteiger partial charge in [0.1, 0.15) is 0 Å². The highest BCUT2D eigenvalue weighted by Crippen LogP contribution is 2.36. The Balaban J connectivity index is 1.82. The van der Waals surface area contributed by atoms with Gasteiger partial charge in [-0.25, -0.2) is 13.6 Å². The lowest BCUT2D eigenvalue weighted by atomic mass is 10.0. The molecule has 3 rings (SSSR count). The number of benzene rings is 2. The summed E-state index contributed by atoms with van der Waals surface area (Å²) >= 11 is 0. The summed E-state index contributed by atoms with van der Waals surface area (Å²) in [6, 6.07) is 10.9. The van der Waals surface area contributed by atoms with Crippen LogP contribution in [0.5, 0.6) is 0 Å². The Morgan fingerprint density at radius 3 is 2.47 bits per heavy atom. The minimum absolute atomic E-state index is 0.184. The van der Waals surface area contributed by atoms with Crippen molar-refractivity contribution in [3.05, 3.63) is 59.2 Å². The quantitative estimate of drug-likeness (QED) is 0.699. The number of rotatable bonds is 6. The molecular formula is C21H26F3N3O2S. The van der Waals surface area contributed by atoms with Gasteiger partial charge in [0.2, 0.25) is 10.0 Å². The molecule has 2 aromatic carbocycles. The van der Waals surface area contributed by atoms with Gasteiger partial charge in [0.25, 0.3) is 0 Å². The van der Waals surface area contributed by atoms with E-state index >= 15 is 0 Å². The molecule has 164 valence electrons. The first-order valence-corrected chi connectivity index (χ1v) is 11.4. The predicted octanol–water partition coefficient (Wildman–Crippen LogP) is 4.34. The largest absolute Gasteiger partial charge is 0.418 e. The van der Waals surface area contributed by atoms with Crippen molar-refractivity contribution >= 4 is 15.7 Å². The van der Waals surface area contributed by atoms with Gasteiger partial charge in [-0.3, -0.25) is 4.90 Å². The Hall–Kier alpha value is -2.10. The number of primary sulfonamides is 1. The summed E-state index contributed by atoms with van der Waals surface area (Å²) in [6.07, 6.45) is -1.21. The van der Waals surface area contributed by atoms with Gasteiger partial charge in [-0.05, 0) is 55.6 Å². The molecule has 1 heterocycles. The summed E-state index contributed by atoms with van der Waals surface area (Å²) in [6.45, 7) is 4.14. The first-order valence-electron chi connectivity index (χ1n) is 9.84. The third-order valence-corrected chi connectivity index (χ3v) is 6.44. The van der Waals surface area contributed by atoms with Crippen LogP contribution in [0.15, 0.2) is 47.4 Å². The van der Waals surface area contributed by atoms with Gasteiger partial charge in [0.15, 0.2) is 0 Å². The van der Waals surface area contributed by atoms with Crippen LogP contribution in [-0.4, -0.2) is 25.9 Å². The van der Waals surface area contributed by atoms with Crippen molar-refractivity contribution in [1.29, 1.82) is 0 Å². The fourth-order valence-electron chi connectivity index (χ4n) is 3.77. The van der Waals surface area contributed by atoms with Gasteiger partial charge in [-0.2, -0.15) is 13.2 Å². The first kappa shape index (κ1) is 22.6. The van der Waals surface area contributed by atoms with Gasteiger partial charge < -0.3 is 5.32 Å². The smallest absolute Gasteiger partial charge is 0.380 e. The fourth-order valence-corrected chi connectivity index (χ4v) is 4.31. The van der Waals surface area contributed by atoms with E-state index in [2.05, 4.69) is 17.1 Å². The van der Waals surface area contributed by atoms with Crippen LogP contribution >= 0.6 is 0 Å². The van der Waals surface area contributed by atoms with E-state index in [1.54, 1.807) is 0 Å². The van der Waals surface area contributed by atoms with Crippen LogP contribution < -0.4 is 10.5 Å². The average molecular weight is 442 g/mol. The molecule has 1 unspecified atom stereocenters. The monoisotopic (exact) mass is 441 g/mol. The van der Waals surface area contributed by atoms with Crippen LogP contribution in [0.1, 0.15) is 42.9 Å². The summed E-state index contributed by atoms with van der Waals surface area (Å²) < 4.78 is 63.4. The number of halogens is 3. The zero-order valence-electron chi connectivity index (χ0n) is 16.7. The Morgan fingerprint density at radius 1 is 1.13 bits per heavy atom. The summed E-state index contributed by atoms with van der Waals surface area (Å²) in [5.41, 5.74) is 0.722. The first-order chi connectivity index (χ1) is 14.1. The number of nitrogens with one attached hydrogen (secondary N) is 1. The lowest BCUT2D eigenvalue weighted by Crippen LogP contribution is -2.37. The number of alkyl halides is 3. The van der Waals surface area contributed by atoms with Crippen molar-refractivity contribution in [3.63, 3.8) is 0 Å². The van der Waals surface area contributed by atoms with E-state index in [0.717, 1.165) is 49.2 Å². The molecule has 5 nitrogen and oxygen atoms in total. The number of anilines is 1. The van der Waals surface area contributed by atoms with E-state index in [1.807, 2.05) is 24.3 Å². The van der Waals surface area contributed by atoms with Crippen LogP contribution in [0.3, 0.4) is 0 Å². The van der Waals surface area contributed by atoms with E-state index < -0.39 is 26.7 Å². The second kappa shape index (κ2) is 8.95.